The topological polar surface area (TPSA) is 0 Å². The maximum absolute atomic E-state index is 13.4. The van der Waals surface area contributed by atoms with Crippen molar-refractivity contribution < 1.29 is 8.78 Å². The van der Waals surface area contributed by atoms with Gasteiger partial charge in [-0.15, -0.1) is 11.6 Å². The largest absolute Gasteiger partial charge is 0.207 e. The van der Waals surface area contributed by atoms with Crippen LogP contribution in [0.15, 0.2) is 12.1 Å². The van der Waals surface area contributed by atoms with Crippen LogP contribution in [-0.4, -0.2) is 0 Å². The molecule has 0 spiro atoms. The first-order valence-corrected chi connectivity index (χ1v) is 5.59. The fourth-order valence-corrected chi connectivity index (χ4v) is 1.78. The van der Waals surface area contributed by atoms with E-state index in [4.69, 9.17) is 11.6 Å². The summed E-state index contributed by atoms with van der Waals surface area (Å²) in [5.74, 6) is -1.06. The van der Waals surface area contributed by atoms with Gasteiger partial charge in [-0.05, 0) is 25.0 Å². The van der Waals surface area contributed by atoms with Crippen molar-refractivity contribution in [2.75, 3.05) is 0 Å². The van der Waals surface area contributed by atoms with Crippen LogP contribution < -0.4 is 0 Å². The van der Waals surface area contributed by atoms with Gasteiger partial charge in [-0.2, -0.15) is 0 Å². The Morgan fingerprint density at radius 1 is 1.27 bits per heavy atom. The Labute approximate surface area is 94.3 Å². The first-order chi connectivity index (χ1) is 7.06. The normalized spacial score (nSPS) is 12.9. The average Bonchev–Trinajstić information content (AvgIpc) is 2.20. The van der Waals surface area contributed by atoms with Crippen molar-refractivity contribution in [2.24, 2.45) is 0 Å². The highest BCUT2D eigenvalue weighted by molar-refractivity contribution is 6.20. The Morgan fingerprint density at radius 2 is 1.93 bits per heavy atom. The zero-order valence-electron chi connectivity index (χ0n) is 8.99. The van der Waals surface area contributed by atoms with Crippen LogP contribution in [0.1, 0.15) is 42.7 Å². The molecule has 1 atom stereocenters. The number of hydrogen-bond donors (Lipinski definition) is 0. The molecule has 15 heavy (non-hydrogen) atoms. The molecule has 1 aromatic carbocycles. The first-order valence-electron chi connectivity index (χ1n) is 5.15. The van der Waals surface area contributed by atoms with Gasteiger partial charge in [0.15, 0.2) is 0 Å². The van der Waals surface area contributed by atoms with Gasteiger partial charge in [0.1, 0.15) is 11.6 Å². The van der Waals surface area contributed by atoms with Gasteiger partial charge in [0.05, 0.1) is 5.38 Å². The molecule has 1 unspecified atom stereocenters. The second-order valence-corrected chi connectivity index (χ2v) is 4.26. The van der Waals surface area contributed by atoms with E-state index in [0.29, 0.717) is 11.1 Å². The molecule has 84 valence electrons. The van der Waals surface area contributed by atoms with Crippen LogP contribution in [-0.2, 0) is 0 Å². The zero-order chi connectivity index (χ0) is 11.4. The van der Waals surface area contributed by atoms with Crippen LogP contribution in [0.3, 0.4) is 0 Å². The Balaban J connectivity index is 2.88. The zero-order valence-corrected chi connectivity index (χ0v) is 9.74. The molecule has 0 aliphatic carbocycles. The van der Waals surface area contributed by atoms with Crippen LogP contribution in [0, 0.1) is 18.6 Å². The Kier molecular flexibility index (Phi) is 4.52. The molecule has 0 aliphatic rings. The van der Waals surface area contributed by atoms with Gasteiger partial charge in [-0.3, -0.25) is 0 Å². The maximum Gasteiger partial charge on any atom is 0.130 e. The van der Waals surface area contributed by atoms with Gasteiger partial charge < -0.3 is 0 Å². The summed E-state index contributed by atoms with van der Waals surface area (Å²) in [4.78, 5) is 0. The molecule has 0 radical (unpaired) electrons. The monoisotopic (exact) mass is 232 g/mol. The van der Waals surface area contributed by atoms with E-state index in [1.54, 1.807) is 6.92 Å². The minimum absolute atomic E-state index is 0.357. The second-order valence-electron chi connectivity index (χ2n) is 3.73. The van der Waals surface area contributed by atoms with Crippen molar-refractivity contribution in [2.45, 2.75) is 38.5 Å². The standard InChI is InChI=1S/C12H15ClF2/c1-3-4-5-10(13)9-6-8(2)11(14)7-12(9)15/h6-7,10H,3-5H2,1-2H3. The summed E-state index contributed by atoms with van der Waals surface area (Å²) in [7, 11) is 0. The molecule has 0 fully saturated rings. The number of hydrogen-bond acceptors (Lipinski definition) is 0. The Hall–Kier alpha value is -0.630. The number of rotatable bonds is 4. The highest BCUT2D eigenvalue weighted by atomic mass is 35.5. The van der Waals surface area contributed by atoms with Crippen LogP contribution in [0.4, 0.5) is 8.78 Å². The highest BCUT2D eigenvalue weighted by Gasteiger charge is 2.14. The third-order valence-corrected chi connectivity index (χ3v) is 2.88. The molecule has 0 heterocycles. The van der Waals surface area contributed by atoms with Crippen molar-refractivity contribution >= 4 is 11.6 Å². The van der Waals surface area contributed by atoms with Crippen molar-refractivity contribution in [3.63, 3.8) is 0 Å². The van der Waals surface area contributed by atoms with Gasteiger partial charge in [0.2, 0.25) is 0 Å². The van der Waals surface area contributed by atoms with E-state index in [-0.39, 0.29) is 5.38 Å². The van der Waals surface area contributed by atoms with Gasteiger partial charge in [-0.25, -0.2) is 8.78 Å². The predicted octanol–water partition coefficient (Wildman–Crippen LogP) is 4.74. The summed E-state index contributed by atoms with van der Waals surface area (Å²) < 4.78 is 26.4. The minimum atomic E-state index is -0.547. The number of aryl methyl sites for hydroxylation is 1. The SMILES string of the molecule is CCCCC(Cl)c1cc(C)c(F)cc1F. The first kappa shape index (κ1) is 12.4. The molecule has 0 saturated carbocycles. The lowest BCUT2D eigenvalue weighted by Crippen LogP contribution is -1.98. The van der Waals surface area contributed by atoms with Gasteiger partial charge in [-0.1, -0.05) is 19.8 Å². The van der Waals surface area contributed by atoms with Crippen LogP contribution >= 0.6 is 11.6 Å². The van der Waals surface area contributed by atoms with Gasteiger partial charge in [0, 0.05) is 11.6 Å². The molecule has 0 nitrogen and oxygen atoms in total. The smallest absolute Gasteiger partial charge is 0.130 e. The van der Waals surface area contributed by atoms with E-state index in [1.807, 2.05) is 0 Å². The van der Waals surface area contributed by atoms with E-state index in [9.17, 15) is 8.78 Å². The van der Waals surface area contributed by atoms with Crippen molar-refractivity contribution in [3.8, 4) is 0 Å². The second kappa shape index (κ2) is 5.45. The summed E-state index contributed by atoms with van der Waals surface area (Å²) in [6.45, 7) is 3.66. The lowest BCUT2D eigenvalue weighted by atomic mass is 10.0. The maximum atomic E-state index is 13.4. The molecule has 0 bridgehead atoms. The molecule has 0 aromatic heterocycles. The molecule has 1 aromatic rings. The third-order valence-electron chi connectivity index (χ3n) is 2.43. The van der Waals surface area contributed by atoms with E-state index in [0.717, 1.165) is 25.3 Å². The van der Waals surface area contributed by atoms with E-state index >= 15 is 0 Å². The average molecular weight is 233 g/mol. The molecule has 0 N–H and O–H groups in total. The summed E-state index contributed by atoms with van der Waals surface area (Å²) in [5.41, 5.74) is 0.845. The Bertz CT molecular complexity index is 337. The van der Waals surface area contributed by atoms with Crippen molar-refractivity contribution in [1.29, 1.82) is 0 Å². The highest BCUT2D eigenvalue weighted by Crippen LogP contribution is 2.29. The summed E-state index contributed by atoms with van der Waals surface area (Å²) in [6, 6.07) is 2.41. The lowest BCUT2D eigenvalue weighted by Gasteiger charge is -2.11. The van der Waals surface area contributed by atoms with Crippen LogP contribution in [0.5, 0.6) is 0 Å². The minimum Gasteiger partial charge on any atom is -0.207 e. The number of unbranched alkanes of at least 4 members (excludes halogenated alkanes) is 1. The van der Waals surface area contributed by atoms with Gasteiger partial charge >= 0.3 is 0 Å². The van der Waals surface area contributed by atoms with Gasteiger partial charge in [0.25, 0.3) is 0 Å². The molecular weight excluding hydrogens is 218 g/mol. The number of alkyl halides is 1. The Morgan fingerprint density at radius 3 is 2.53 bits per heavy atom. The third kappa shape index (κ3) is 3.16. The van der Waals surface area contributed by atoms with Crippen molar-refractivity contribution in [3.05, 3.63) is 34.9 Å². The molecule has 1 rings (SSSR count). The number of benzene rings is 1. The van der Waals surface area contributed by atoms with Crippen molar-refractivity contribution in [1.82, 2.24) is 0 Å². The lowest BCUT2D eigenvalue weighted by molar-refractivity contribution is 0.558. The molecule has 3 heteroatoms. The van der Waals surface area contributed by atoms with E-state index in [2.05, 4.69) is 6.92 Å². The summed E-state index contributed by atoms with van der Waals surface area (Å²) in [5, 5.41) is -0.357. The number of halogens is 3. The molecular formula is C12H15ClF2. The quantitative estimate of drug-likeness (QED) is 0.658. The van der Waals surface area contributed by atoms with E-state index in [1.165, 1.54) is 6.07 Å². The van der Waals surface area contributed by atoms with Crippen LogP contribution in [0.25, 0.3) is 0 Å². The fourth-order valence-electron chi connectivity index (χ4n) is 1.46. The van der Waals surface area contributed by atoms with Crippen LogP contribution in [0.2, 0.25) is 0 Å². The fraction of sp³-hybridized carbons (Fsp3) is 0.500. The summed E-state index contributed by atoms with van der Waals surface area (Å²) in [6.07, 6.45) is 2.69. The molecule has 0 aliphatic heterocycles. The summed E-state index contributed by atoms with van der Waals surface area (Å²) >= 11 is 6.05. The predicted molar refractivity (Wildman–Crippen MR) is 59.2 cm³/mol. The molecule has 0 amide bonds. The molecule has 0 saturated heterocycles. The van der Waals surface area contributed by atoms with E-state index < -0.39 is 11.6 Å².